The van der Waals surface area contributed by atoms with Crippen LogP contribution in [0.4, 0.5) is 0 Å². The van der Waals surface area contributed by atoms with Gasteiger partial charge in [-0.15, -0.1) is 10.2 Å². The number of tetrazole rings is 1. The molecule has 0 aliphatic heterocycles. The van der Waals surface area contributed by atoms with Crippen LogP contribution < -0.4 is 5.32 Å². The van der Waals surface area contributed by atoms with E-state index < -0.39 is 0 Å². The lowest BCUT2D eigenvalue weighted by molar-refractivity contribution is 0.0958. The Morgan fingerprint density at radius 2 is 2.33 bits per heavy atom. The van der Waals surface area contributed by atoms with Gasteiger partial charge in [0.15, 0.2) is 0 Å². The van der Waals surface area contributed by atoms with E-state index in [0.29, 0.717) is 22.4 Å². The van der Waals surface area contributed by atoms with E-state index in [9.17, 15) is 4.79 Å². The molecule has 0 unspecified atom stereocenters. The molecule has 7 heteroatoms. The topological polar surface area (TPSA) is 83.6 Å². The summed E-state index contributed by atoms with van der Waals surface area (Å²) in [4.78, 5) is 11.8. The number of hydrogen-bond donors (Lipinski definition) is 2. The molecular weight excluding hydrogens is 298 g/mol. The normalized spacial score (nSPS) is 10.1. The van der Waals surface area contributed by atoms with Crippen molar-refractivity contribution in [3.63, 3.8) is 0 Å². The molecule has 2 aromatic rings. The monoisotopic (exact) mass is 307 g/mol. The van der Waals surface area contributed by atoms with Crippen LogP contribution in [0.3, 0.4) is 0 Å². The average Bonchev–Trinajstić information content (AvgIpc) is 2.90. The lowest BCUT2D eigenvalue weighted by Gasteiger charge is -2.04. The van der Waals surface area contributed by atoms with Gasteiger partial charge in [0.25, 0.3) is 5.91 Å². The number of carbonyl (C=O) groups excluding carboxylic acids is 1. The Hall–Kier alpha value is -2.02. The standard InChI is InChI=1S/C11H10BrN5O/c1-7(12)6-13-11(18)9-4-2-3-8(5-9)10-14-16-17-15-10/h2-5H,1,6H2,(H,13,18)(H,14,15,16,17). The second kappa shape index (κ2) is 5.54. The molecule has 18 heavy (non-hydrogen) atoms. The van der Waals surface area contributed by atoms with Gasteiger partial charge in [-0.05, 0) is 17.3 Å². The fraction of sp³-hybridized carbons (Fsp3) is 0.0909. The number of halogens is 1. The van der Waals surface area contributed by atoms with E-state index in [1.807, 2.05) is 6.07 Å². The number of amides is 1. The van der Waals surface area contributed by atoms with E-state index in [4.69, 9.17) is 0 Å². The molecule has 92 valence electrons. The Balaban J connectivity index is 2.17. The molecule has 0 spiro atoms. The van der Waals surface area contributed by atoms with Crippen LogP contribution in [-0.2, 0) is 0 Å². The fourth-order valence-corrected chi connectivity index (χ4v) is 1.50. The first-order valence-corrected chi connectivity index (χ1v) is 5.91. The van der Waals surface area contributed by atoms with E-state index in [0.717, 1.165) is 5.56 Å². The Morgan fingerprint density at radius 3 is 3.00 bits per heavy atom. The van der Waals surface area contributed by atoms with Crippen LogP contribution in [0.2, 0.25) is 0 Å². The molecule has 0 atom stereocenters. The van der Waals surface area contributed by atoms with Gasteiger partial charge < -0.3 is 5.32 Å². The van der Waals surface area contributed by atoms with Crippen molar-refractivity contribution in [3.05, 3.63) is 40.9 Å². The highest BCUT2D eigenvalue weighted by Gasteiger charge is 2.08. The van der Waals surface area contributed by atoms with Gasteiger partial charge in [0.2, 0.25) is 5.82 Å². The number of hydrogen-bond acceptors (Lipinski definition) is 4. The summed E-state index contributed by atoms with van der Waals surface area (Å²) in [5, 5.41) is 16.3. The smallest absolute Gasteiger partial charge is 0.251 e. The Morgan fingerprint density at radius 1 is 1.50 bits per heavy atom. The molecule has 0 bridgehead atoms. The number of nitrogens with zero attached hydrogens (tertiary/aromatic N) is 3. The minimum absolute atomic E-state index is 0.180. The van der Waals surface area contributed by atoms with Gasteiger partial charge >= 0.3 is 0 Å². The fourth-order valence-electron chi connectivity index (χ4n) is 1.36. The number of H-pyrrole nitrogens is 1. The predicted molar refractivity (Wildman–Crippen MR) is 70.0 cm³/mol. The predicted octanol–water partition coefficient (Wildman–Crippen LogP) is 1.51. The van der Waals surface area contributed by atoms with Gasteiger partial charge in [-0.1, -0.05) is 34.6 Å². The van der Waals surface area contributed by atoms with Crippen molar-refractivity contribution in [2.75, 3.05) is 6.54 Å². The van der Waals surface area contributed by atoms with Crippen molar-refractivity contribution in [2.45, 2.75) is 0 Å². The van der Waals surface area contributed by atoms with E-state index in [1.165, 1.54) is 0 Å². The second-order valence-electron chi connectivity index (χ2n) is 3.52. The van der Waals surface area contributed by atoms with Crippen molar-refractivity contribution in [1.29, 1.82) is 0 Å². The molecule has 1 amide bonds. The molecule has 2 N–H and O–H groups in total. The van der Waals surface area contributed by atoms with Crippen molar-refractivity contribution >= 4 is 21.8 Å². The third-order valence-electron chi connectivity index (χ3n) is 2.17. The van der Waals surface area contributed by atoms with E-state index in [1.54, 1.807) is 18.2 Å². The molecular formula is C11H10BrN5O. The molecule has 1 aromatic carbocycles. The maximum atomic E-state index is 11.8. The summed E-state index contributed by atoms with van der Waals surface area (Å²) in [7, 11) is 0. The zero-order chi connectivity index (χ0) is 13.0. The van der Waals surface area contributed by atoms with Crippen LogP contribution >= 0.6 is 15.9 Å². The maximum Gasteiger partial charge on any atom is 0.251 e. The van der Waals surface area contributed by atoms with Crippen LogP contribution in [0.25, 0.3) is 11.4 Å². The minimum atomic E-state index is -0.180. The van der Waals surface area contributed by atoms with Crippen LogP contribution in [-0.4, -0.2) is 33.1 Å². The van der Waals surface area contributed by atoms with Crippen LogP contribution in [0, 0.1) is 0 Å². The first kappa shape index (κ1) is 12.4. The van der Waals surface area contributed by atoms with Gasteiger partial charge in [-0.3, -0.25) is 4.79 Å². The summed E-state index contributed by atoms with van der Waals surface area (Å²) in [6.45, 7) is 4.03. The molecule has 2 rings (SSSR count). The zero-order valence-electron chi connectivity index (χ0n) is 9.35. The van der Waals surface area contributed by atoms with Gasteiger partial charge in [-0.25, -0.2) is 0 Å². The van der Waals surface area contributed by atoms with Crippen molar-refractivity contribution in [1.82, 2.24) is 25.9 Å². The van der Waals surface area contributed by atoms with Crippen LogP contribution in [0.5, 0.6) is 0 Å². The first-order chi connectivity index (χ1) is 8.66. The number of nitrogens with one attached hydrogen (secondary N) is 2. The number of rotatable bonds is 4. The van der Waals surface area contributed by atoms with Crippen molar-refractivity contribution in [3.8, 4) is 11.4 Å². The highest BCUT2D eigenvalue weighted by atomic mass is 79.9. The van der Waals surface area contributed by atoms with Crippen molar-refractivity contribution in [2.24, 2.45) is 0 Å². The molecule has 0 fully saturated rings. The summed E-state index contributed by atoms with van der Waals surface area (Å²) in [5.41, 5.74) is 1.26. The van der Waals surface area contributed by atoms with Crippen LogP contribution in [0.1, 0.15) is 10.4 Å². The Kier molecular flexibility index (Phi) is 3.83. The minimum Gasteiger partial charge on any atom is -0.347 e. The van der Waals surface area contributed by atoms with Gasteiger partial charge in [0.05, 0.1) is 0 Å². The summed E-state index contributed by atoms with van der Waals surface area (Å²) < 4.78 is 0.713. The second-order valence-corrected chi connectivity index (χ2v) is 4.64. The highest BCUT2D eigenvalue weighted by molar-refractivity contribution is 9.11. The summed E-state index contributed by atoms with van der Waals surface area (Å²) in [6.07, 6.45) is 0. The summed E-state index contributed by atoms with van der Waals surface area (Å²) in [6, 6.07) is 7.00. The van der Waals surface area contributed by atoms with Gasteiger partial charge in [0, 0.05) is 22.2 Å². The van der Waals surface area contributed by atoms with E-state index in [-0.39, 0.29) is 5.91 Å². The zero-order valence-corrected chi connectivity index (χ0v) is 10.9. The number of benzene rings is 1. The van der Waals surface area contributed by atoms with Gasteiger partial charge in [-0.2, -0.15) is 5.21 Å². The third-order valence-corrected chi connectivity index (χ3v) is 2.45. The molecule has 1 aromatic heterocycles. The van der Waals surface area contributed by atoms with Crippen molar-refractivity contribution < 1.29 is 4.79 Å². The largest absolute Gasteiger partial charge is 0.347 e. The number of carbonyl (C=O) groups is 1. The molecule has 1 heterocycles. The lowest BCUT2D eigenvalue weighted by atomic mass is 10.1. The van der Waals surface area contributed by atoms with Crippen LogP contribution in [0.15, 0.2) is 35.3 Å². The third kappa shape index (κ3) is 3.01. The number of aromatic amines is 1. The quantitative estimate of drug-likeness (QED) is 0.896. The van der Waals surface area contributed by atoms with E-state index >= 15 is 0 Å². The maximum absolute atomic E-state index is 11.8. The molecule has 0 aliphatic rings. The Bertz CT molecular complexity index is 567. The molecule has 0 saturated heterocycles. The molecule has 6 nitrogen and oxygen atoms in total. The average molecular weight is 308 g/mol. The summed E-state index contributed by atoms with van der Waals surface area (Å²) >= 11 is 3.18. The molecule has 0 aliphatic carbocycles. The van der Waals surface area contributed by atoms with E-state index in [2.05, 4.69) is 48.4 Å². The lowest BCUT2D eigenvalue weighted by Crippen LogP contribution is -2.24. The first-order valence-electron chi connectivity index (χ1n) is 5.12. The molecule has 0 saturated carbocycles. The van der Waals surface area contributed by atoms with Gasteiger partial charge in [0.1, 0.15) is 0 Å². The summed E-state index contributed by atoms with van der Waals surface area (Å²) in [5.74, 6) is 0.274. The Labute approximate surface area is 112 Å². The molecule has 0 radical (unpaired) electrons. The highest BCUT2D eigenvalue weighted by Crippen LogP contribution is 2.14. The number of aromatic nitrogens is 4. The SMILES string of the molecule is C=C(Br)CNC(=O)c1cccc(-c2nn[nH]n2)c1.